The lowest BCUT2D eigenvalue weighted by atomic mass is 10.2. The molecule has 3 amide bonds. The second-order valence-corrected chi connectivity index (χ2v) is 5.15. The molecule has 112 valence electrons. The van der Waals surface area contributed by atoms with E-state index in [9.17, 15) is 24.1 Å². The van der Waals surface area contributed by atoms with E-state index in [4.69, 9.17) is 11.6 Å². The highest BCUT2D eigenvalue weighted by atomic mass is 35.5. The standard InChI is InChI=1S/C12H11ClFN3O4/c1-6(2)15-5-11(18)16(12(15)19)10-4-9(17(20)21)7(13)3-8(10)14/h3-4,6H,5H2,1-2H3. The van der Waals surface area contributed by atoms with Gasteiger partial charge in [0.15, 0.2) is 0 Å². The van der Waals surface area contributed by atoms with Gasteiger partial charge in [0.05, 0.1) is 10.6 Å². The van der Waals surface area contributed by atoms with Crippen LogP contribution in [0.15, 0.2) is 12.1 Å². The van der Waals surface area contributed by atoms with Gasteiger partial charge in [-0.15, -0.1) is 0 Å². The molecule has 1 fully saturated rings. The van der Waals surface area contributed by atoms with Gasteiger partial charge in [0.25, 0.3) is 11.6 Å². The third kappa shape index (κ3) is 2.54. The molecule has 7 nitrogen and oxygen atoms in total. The SMILES string of the molecule is CC(C)N1CC(=O)N(c2cc([N+](=O)[O-])c(Cl)cc2F)C1=O. The van der Waals surface area contributed by atoms with Crippen molar-refractivity contribution in [2.24, 2.45) is 0 Å². The van der Waals surface area contributed by atoms with Crippen LogP contribution in [0.5, 0.6) is 0 Å². The first-order valence-corrected chi connectivity index (χ1v) is 6.38. The Kier molecular flexibility index (Phi) is 3.82. The highest BCUT2D eigenvalue weighted by Gasteiger charge is 2.40. The number of halogens is 2. The van der Waals surface area contributed by atoms with E-state index in [-0.39, 0.29) is 12.6 Å². The van der Waals surface area contributed by atoms with Crippen molar-refractivity contribution in [2.45, 2.75) is 19.9 Å². The summed E-state index contributed by atoms with van der Waals surface area (Å²) in [4.78, 5) is 35.9. The summed E-state index contributed by atoms with van der Waals surface area (Å²) in [6.45, 7) is 3.21. The van der Waals surface area contributed by atoms with E-state index < -0.39 is 39.1 Å². The van der Waals surface area contributed by atoms with Crippen molar-refractivity contribution < 1.29 is 18.9 Å². The summed E-state index contributed by atoms with van der Waals surface area (Å²) < 4.78 is 13.9. The zero-order valence-corrected chi connectivity index (χ0v) is 11.9. The molecule has 0 N–H and O–H groups in total. The Morgan fingerprint density at radius 2 is 2.00 bits per heavy atom. The lowest BCUT2D eigenvalue weighted by molar-refractivity contribution is -0.384. The molecule has 0 radical (unpaired) electrons. The van der Waals surface area contributed by atoms with Gasteiger partial charge in [0.2, 0.25) is 0 Å². The average molecular weight is 316 g/mol. The van der Waals surface area contributed by atoms with Gasteiger partial charge in [-0.05, 0) is 13.8 Å². The molecule has 9 heteroatoms. The molecule has 1 aromatic carbocycles. The number of imide groups is 1. The largest absolute Gasteiger partial charge is 0.332 e. The number of nitrogens with zero attached hydrogens (tertiary/aromatic N) is 3. The van der Waals surface area contributed by atoms with Gasteiger partial charge in [-0.25, -0.2) is 14.1 Å². The summed E-state index contributed by atoms with van der Waals surface area (Å²) in [5.74, 6) is -1.62. The molecule has 0 atom stereocenters. The molecule has 0 aromatic heterocycles. The molecule has 0 spiro atoms. The third-order valence-corrected chi connectivity index (χ3v) is 3.37. The molecule has 0 unspecified atom stereocenters. The lowest BCUT2D eigenvalue weighted by Crippen LogP contribution is -2.37. The van der Waals surface area contributed by atoms with Crippen molar-refractivity contribution in [2.75, 3.05) is 11.4 Å². The molecule has 0 saturated carbocycles. The van der Waals surface area contributed by atoms with Crippen LogP contribution in [0.3, 0.4) is 0 Å². The summed E-state index contributed by atoms with van der Waals surface area (Å²) in [5, 5.41) is 10.4. The molecule has 21 heavy (non-hydrogen) atoms. The van der Waals surface area contributed by atoms with Crippen molar-refractivity contribution in [1.82, 2.24) is 4.90 Å². The predicted molar refractivity (Wildman–Crippen MR) is 72.8 cm³/mol. The molecule has 1 aliphatic rings. The highest BCUT2D eigenvalue weighted by Crippen LogP contribution is 2.34. The van der Waals surface area contributed by atoms with Gasteiger partial charge in [-0.1, -0.05) is 11.6 Å². The maximum Gasteiger partial charge on any atom is 0.332 e. The van der Waals surface area contributed by atoms with Crippen LogP contribution in [-0.2, 0) is 4.79 Å². The van der Waals surface area contributed by atoms with Crippen molar-refractivity contribution in [3.8, 4) is 0 Å². The zero-order chi connectivity index (χ0) is 15.9. The summed E-state index contributed by atoms with van der Waals surface area (Å²) in [5.41, 5.74) is -1.04. The van der Waals surface area contributed by atoms with Crippen LogP contribution in [0.4, 0.5) is 20.6 Å². The number of anilines is 1. The Hall–Kier alpha value is -2.22. The molecule has 1 saturated heterocycles. The van der Waals surface area contributed by atoms with E-state index in [0.29, 0.717) is 11.0 Å². The third-order valence-electron chi connectivity index (χ3n) is 3.07. The maximum atomic E-state index is 13.9. The fourth-order valence-corrected chi connectivity index (χ4v) is 2.22. The van der Waals surface area contributed by atoms with E-state index in [0.717, 1.165) is 6.07 Å². The number of nitro groups is 1. The van der Waals surface area contributed by atoms with Crippen LogP contribution in [0.1, 0.15) is 13.8 Å². The van der Waals surface area contributed by atoms with Crippen LogP contribution in [0.2, 0.25) is 5.02 Å². The number of rotatable bonds is 3. The van der Waals surface area contributed by atoms with Gasteiger partial charge in [-0.2, -0.15) is 0 Å². The Balaban J connectivity index is 2.52. The number of hydrogen-bond acceptors (Lipinski definition) is 4. The second kappa shape index (κ2) is 5.28. The van der Waals surface area contributed by atoms with Gasteiger partial charge in [-0.3, -0.25) is 14.9 Å². The average Bonchev–Trinajstić information content (AvgIpc) is 2.65. The lowest BCUT2D eigenvalue weighted by Gasteiger charge is -2.20. The fraction of sp³-hybridized carbons (Fsp3) is 0.333. The summed E-state index contributed by atoms with van der Waals surface area (Å²) >= 11 is 5.57. The minimum Gasteiger partial charge on any atom is -0.312 e. The topological polar surface area (TPSA) is 83.8 Å². The molecule has 0 aliphatic carbocycles. The molecule has 1 aromatic rings. The van der Waals surface area contributed by atoms with Crippen LogP contribution >= 0.6 is 11.6 Å². The fourth-order valence-electron chi connectivity index (χ4n) is 2.00. The van der Waals surface area contributed by atoms with Crippen LogP contribution < -0.4 is 4.90 Å². The Bertz CT molecular complexity index is 650. The first-order chi connectivity index (χ1) is 9.73. The van der Waals surface area contributed by atoms with E-state index in [1.165, 1.54) is 4.90 Å². The van der Waals surface area contributed by atoms with Crippen LogP contribution in [0.25, 0.3) is 0 Å². The first kappa shape index (κ1) is 15.2. The van der Waals surface area contributed by atoms with E-state index in [1.807, 2.05) is 0 Å². The molecule has 2 rings (SSSR count). The molecular formula is C12H11ClFN3O4. The molecular weight excluding hydrogens is 305 g/mol. The zero-order valence-electron chi connectivity index (χ0n) is 11.2. The van der Waals surface area contributed by atoms with E-state index in [2.05, 4.69) is 0 Å². The van der Waals surface area contributed by atoms with Crippen LogP contribution in [-0.4, -0.2) is 34.3 Å². The molecule has 0 bridgehead atoms. The Labute approximate surface area is 124 Å². The predicted octanol–water partition coefficient (Wildman–Crippen LogP) is 2.56. The number of amides is 3. The smallest absolute Gasteiger partial charge is 0.312 e. The number of nitro benzene ring substituents is 1. The second-order valence-electron chi connectivity index (χ2n) is 4.75. The Morgan fingerprint density at radius 1 is 1.38 bits per heavy atom. The quantitative estimate of drug-likeness (QED) is 0.487. The van der Waals surface area contributed by atoms with Crippen LogP contribution in [0, 0.1) is 15.9 Å². The van der Waals surface area contributed by atoms with Crippen molar-refractivity contribution >= 4 is 34.9 Å². The Morgan fingerprint density at radius 3 is 2.48 bits per heavy atom. The monoisotopic (exact) mass is 315 g/mol. The minimum absolute atomic E-state index is 0.202. The summed E-state index contributed by atoms with van der Waals surface area (Å²) in [6.07, 6.45) is 0. The highest BCUT2D eigenvalue weighted by molar-refractivity contribution is 6.33. The number of carbonyl (C=O) groups is 2. The number of hydrogen-bond donors (Lipinski definition) is 0. The molecule has 1 heterocycles. The van der Waals surface area contributed by atoms with Crippen molar-refractivity contribution in [3.63, 3.8) is 0 Å². The van der Waals surface area contributed by atoms with E-state index >= 15 is 0 Å². The normalized spacial score (nSPS) is 15.3. The number of benzene rings is 1. The summed E-state index contributed by atoms with van der Waals surface area (Å²) in [6, 6.07) is 0.535. The maximum absolute atomic E-state index is 13.9. The van der Waals surface area contributed by atoms with Crippen molar-refractivity contribution in [1.29, 1.82) is 0 Å². The minimum atomic E-state index is -0.974. The van der Waals surface area contributed by atoms with Crippen molar-refractivity contribution in [3.05, 3.63) is 33.1 Å². The summed E-state index contributed by atoms with van der Waals surface area (Å²) in [7, 11) is 0. The van der Waals surface area contributed by atoms with E-state index in [1.54, 1.807) is 13.8 Å². The van der Waals surface area contributed by atoms with Gasteiger partial charge in [0, 0.05) is 18.2 Å². The first-order valence-electron chi connectivity index (χ1n) is 6.01. The van der Waals surface area contributed by atoms with Gasteiger partial charge < -0.3 is 4.90 Å². The molecule has 1 aliphatic heterocycles. The van der Waals surface area contributed by atoms with Gasteiger partial charge >= 0.3 is 6.03 Å². The number of carbonyl (C=O) groups excluding carboxylic acids is 2. The number of urea groups is 1. The van der Waals surface area contributed by atoms with Gasteiger partial charge in [0.1, 0.15) is 17.4 Å².